The molecule has 0 unspecified atom stereocenters. The second kappa shape index (κ2) is 8.54. The third-order valence-corrected chi connectivity index (χ3v) is 5.99. The molecule has 0 radical (unpaired) electrons. The number of rotatable bonds is 6. The van der Waals surface area contributed by atoms with Gasteiger partial charge in [0.25, 0.3) is 15.9 Å². The van der Waals surface area contributed by atoms with Crippen LogP contribution in [0.2, 0.25) is 0 Å². The molecule has 2 N–H and O–H groups in total. The molecule has 30 heavy (non-hydrogen) atoms. The number of amides is 3. The van der Waals surface area contributed by atoms with Gasteiger partial charge in [0, 0.05) is 18.8 Å². The summed E-state index contributed by atoms with van der Waals surface area (Å²) in [7, 11) is -3.95. The van der Waals surface area contributed by atoms with E-state index in [0.717, 1.165) is 10.5 Å². The van der Waals surface area contributed by atoms with Gasteiger partial charge in [0.1, 0.15) is 0 Å². The zero-order chi connectivity index (χ0) is 21.9. The Bertz CT molecular complexity index is 1110. The van der Waals surface area contributed by atoms with Gasteiger partial charge in [-0.05, 0) is 49.2 Å². The highest BCUT2D eigenvalue weighted by Gasteiger charge is 2.27. The van der Waals surface area contributed by atoms with Crippen molar-refractivity contribution >= 4 is 33.6 Å². The maximum Gasteiger partial charge on any atom is 0.338 e. The number of imide groups is 1. The number of carbonyl (C=O) groups is 3. The van der Waals surface area contributed by atoms with Gasteiger partial charge < -0.3 is 10.1 Å². The Morgan fingerprint density at radius 1 is 1.17 bits per heavy atom. The van der Waals surface area contributed by atoms with E-state index in [1.165, 1.54) is 18.2 Å². The van der Waals surface area contributed by atoms with Crippen molar-refractivity contribution in [1.82, 2.24) is 10.2 Å². The topological polar surface area (TPSA) is 122 Å². The molecule has 1 saturated heterocycles. The van der Waals surface area contributed by atoms with Crippen molar-refractivity contribution in [2.45, 2.75) is 18.7 Å². The number of urea groups is 1. The van der Waals surface area contributed by atoms with Crippen molar-refractivity contribution in [3.63, 3.8) is 0 Å². The number of hydrogen-bond donors (Lipinski definition) is 2. The lowest BCUT2D eigenvalue weighted by Gasteiger charge is -2.14. The van der Waals surface area contributed by atoms with Gasteiger partial charge in [-0.15, -0.1) is 0 Å². The molecule has 2 aromatic rings. The molecule has 2 aromatic carbocycles. The fraction of sp³-hybridized carbons (Fsp3) is 0.250. The average molecular weight is 431 g/mol. The summed E-state index contributed by atoms with van der Waals surface area (Å²) in [4.78, 5) is 36.7. The second-order valence-electron chi connectivity index (χ2n) is 6.81. The van der Waals surface area contributed by atoms with Crippen LogP contribution in [0.25, 0.3) is 0 Å². The number of anilines is 1. The van der Waals surface area contributed by atoms with Gasteiger partial charge in [-0.1, -0.05) is 18.2 Å². The summed E-state index contributed by atoms with van der Waals surface area (Å²) >= 11 is 0. The van der Waals surface area contributed by atoms with Crippen LogP contribution in [0.3, 0.4) is 0 Å². The molecule has 0 aliphatic carbocycles. The van der Waals surface area contributed by atoms with Crippen LogP contribution >= 0.6 is 0 Å². The van der Waals surface area contributed by atoms with E-state index in [9.17, 15) is 22.8 Å². The van der Waals surface area contributed by atoms with Gasteiger partial charge in [0.05, 0.1) is 10.5 Å². The summed E-state index contributed by atoms with van der Waals surface area (Å²) in [6, 6.07) is 10.4. The normalized spacial score (nSPS) is 13.7. The lowest BCUT2D eigenvalue weighted by atomic mass is 10.1. The monoisotopic (exact) mass is 431 g/mol. The third kappa shape index (κ3) is 4.77. The van der Waals surface area contributed by atoms with E-state index in [1.54, 1.807) is 25.1 Å². The fourth-order valence-electron chi connectivity index (χ4n) is 2.93. The Morgan fingerprint density at radius 2 is 1.93 bits per heavy atom. The highest BCUT2D eigenvalue weighted by Crippen LogP contribution is 2.22. The molecule has 158 valence electrons. The van der Waals surface area contributed by atoms with Crippen LogP contribution in [-0.2, 0) is 19.6 Å². The van der Waals surface area contributed by atoms with E-state index in [2.05, 4.69) is 10.0 Å². The summed E-state index contributed by atoms with van der Waals surface area (Å²) in [5.41, 5.74) is 1.71. The largest absolute Gasteiger partial charge is 0.452 e. The maximum absolute atomic E-state index is 12.8. The number of aryl methyl sites for hydroxylation is 2. The minimum absolute atomic E-state index is 0.0242. The van der Waals surface area contributed by atoms with Crippen LogP contribution in [-0.4, -0.2) is 50.9 Å². The van der Waals surface area contributed by atoms with Gasteiger partial charge in [0.2, 0.25) is 0 Å². The number of sulfonamides is 1. The van der Waals surface area contributed by atoms with Crippen molar-refractivity contribution in [3.8, 4) is 0 Å². The third-order valence-electron chi connectivity index (χ3n) is 4.47. The molecule has 0 saturated carbocycles. The molecular formula is C20H21N3O6S. The summed E-state index contributed by atoms with van der Waals surface area (Å²) < 4.78 is 33.1. The quantitative estimate of drug-likeness (QED) is 0.673. The number of carbonyl (C=O) groups excluding carboxylic acids is 3. The van der Waals surface area contributed by atoms with Crippen molar-refractivity contribution in [2.75, 3.05) is 24.4 Å². The van der Waals surface area contributed by atoms with E-state index in [-0.39, 0.29) is 17.0 Å². The Morgan fingerprint density at radius 3 is 2.60 bits per heavy atom. The highest BCUT2D eigenvalue weighted by atomic mass is 32.2. The summed E-state index contributed by atoms with van der Waals surface area (Å²) in [5, 5.41) is 2.48. The second-order valence-corrected chi connectivity index (χ2v) is 8.46. The zero-order valence-electron chi connectivity index (χ0n) is 16.5. The maximum atomic E-state index is 12.8. The van der Waals surface area contributed by atoms with Crippen LogP contribution in [0.4, 0.5) is 10.5 Å². The first-order chi connectivity index (χ1) is 14.2. The molecule has 3 rings (SSSR count). The Hall–Kier alpha value is -3.40. The minimum Gasteiger partial charge on any atom is -0.452 e. The van der Waals surface area contributed by atoms with Crippen LogP contribution in [0.1, 0.15) is 21.5 Å². The molecule has 0 spiro atoms. The SMILES string of the molecule is Cc1cccc(NS(=O)(=O)c2cc(C(=O)OCC(=O)N3CCNC3=O)ccc2C)c1. The van der Waals surface area contributed by atoms with E-state index in [0.29, 0.717) is 17.8 Å². The predicted molar refractivity (Wildman–Crippen MR) is 109 cm³/mol. The Kier molecular flexibility index (Phi) is 6.06. The first-order valence-corrected chi connectivity index (χ1v) is 10.6. The van der Waals surface area contributed by atoms with Gasteiger partial charge in [-0.2, -0.15) is 0 Å². The van der Waals surface area contributed by atoms with Crippen LogP contribution < -0.4 is 10.0 Å². The summed E-state index contributed by atoms with van der Waals surface area (Å²) in [6.45, 7) is 3.37. The molecular weight excluding hydrogens is 410 g/mol. The zero-order valence-corrected chi connectivity index (χ0v) is 17.3. The molecule has 9 nitrogen and oxygen atoms in total. The smallest absolute Gasteiger partial charge is 0.338 e. The van der Waals surface area contributed by atoms with Crippen molar-refractivity contribution in [2.24, 2.45) is 0 Å². The van der Waals surface area contributed by atoms with Gasteiger partial charge in [0.15, 0.2) is 6.61 Å². The van der Waals surface area contributed by atoms with Crippen LogP contribution in [0.5, 0.6) is 0 Å². The minimum atomic E-state index is -3.95. The molecule has 1 aliphatic rings. The van der Waals surface area contributed by atoms with Crippen LogP contribution in [0, 0.1) is 13.8 Å². The lowest BCUT2D eigenvalue weighted by Crippen LogP contribution is -2.37. The first kappa shape index (κ1) is 21.3. The van der Waals surface area contributed by atoms with E-state index in [4.69, 9.17) is 4.74 Å². The number of nitrogens with zero attached hydrogens (tertiary/aromatic N) is 1. The lowest BCUT2D eigenvalue weighted by molar-refractivity contribution is -0.130. The molecule has 0 atom stereocenters. The van der Waals surface area contributed by atoms with E-state index in [1.807, 2.05) is 13.0 Å². The molecule has 1 heterocycles. The summed E-state index contributed by atoms with van der Waals surface area (Å²) in [6.07, 6.45) is 0. The standard InChI is InChI=1S/C20H21N3O6S/c1-13-4-3-5-16(10-13)22-30(27,28)17-11-15(7-6-14(17)2)19(25)29-12-18(24)23-9-8-21-20(23)26/h3-7,10-11,22H,8-9,12H2,1-2H3,(H,21,26). The number of ether oxygens (including phenoxy) is 1. The predicted octanol–water partition coefficient (Wildman–Crippen LogP) is 1.81. The van der Waals surface area contributed by atoms with Crippen molar-refractivity contribution < 1.29 is 27.5 Å². The molecule has 1 fully saturated rings. The van der Waals surface area contributed by atoms with Crippen LogP contribution in [0.15, 0.2) is 47.4 Å². The van der Waals surface area contributed by atoms with Gasteiger partial charge in [-0.25, -0.2) is 18.0 Å². The van der Waals surface area contributed by atoms with Crippen molar-refractivity contribution in [3.05, 3.63) is 59.2 Å². The highest BCUT2D eigenvalue weighted by molar-refractivity contribution is 7.92. The molecule has 0 bridgehead atoms. The number of esters is 1. The number of hydrogen-bond acceptors (Lipinski definition) is 6. The average Bonchev–Trinajstić information content (AvgIpc) is 3.11. The number of benzene rings is 2. The molecule has 3 amide bonds. The molecule has 10 heteroatoms. The number of nitrogens with one attached hydrogen (secondary N) is 2. The summed E-state index contributed by atoms with van der Waals surface area (Å²) in [5.74, 6) is -1.52. The fourth-order valence-corrected chi connectivity index (χ4v) is 4.25. The Balaban J connectivity index is 1.74. The van der Waals surface area contributed by atoms with Gasteiger partial charge in [-0.3, -0.25) is 14.4 Å². The van der Waals surface area contributed by atoms with Gasteiger partial charge >= 0.3 is 12.0 Å². The van der Waals surface area contributed by atoms with E-state index >= 15 is 0 Å². The Labute approximate surface area is 174 Å². The molecule has 0 aromatic heterocycles. The first-order valence-electron chi connectivity index (χ1n) is 9.13. The molecule has 1 aliphatic heterocycles. The van der Waals surface area contributed by atoms with E-state index < -0.39 is 34.5 Å². The van der Waals surface area contributed by atoms with Crippen molar-refractivity contribution in [1.29, 1.82) is 0 Å².